The molecule has 1 aromatic rings. The molecule has 1 aromatic carbocycles. The Morgan fingerprint density at radius 3 is 2.36 bits per heavy atom. The predicted molar refractivity (Wildman–Crippen MR) is 107 cm³/mol. The van der Waals surface area contributed by atoms with Gasteiger partial charge in [-0.05, 0) is 44.4 Å². The molecule has 1 atom stereocenters. The third-order valence-corrected chi connectivity index (χ3v) is 6.55. The highest BCUT2D eigenvalue weighted by atomic mass is 16.5. The summed E-state index contributed by atoms with van der Waals surface area (Å²) < 4.78 is 6.25. The highest BCUT2D eigenvalue weighted by Crippen LogP contribution is 2.41. The van der Waals surface area contributed by atoms with Gasteiger partial charge >= 0.3 is 0 Å². The summed E-state index contributed by atoms with van der Waals surface area (Å²) in [6.07, 6.45) is 4.87. The number of nitrogens with zero attached hydrogens (tertiary/aromatic N) is 3. The molecule has 6 heteroatoms. The largest absolute Gasteiger partial charge is 0.353 e. The second-order valence-corrected chi connectivity index (χ2v) is 8.13. The molecule has 0 bridgehead atoms. The first kappa shape index (κ1) is 19.4. The van der Waals surface area contributed by atoms with Crippen LogP contribution < -0.4 is 0 Å². The van der Waals surface area contributed by atoms with E-state index in [0.29, 0.717) is 12.2 Å². The van der Waals surface area contributed by atoms with Crippen molar-refractivity contribution in [3.63, 3.8) is 0 Å². The minimum absolute atomic E-state index is 0.0440. The first-order valence-corrected chi connectivity index (χ1v) is 10.7. The Balaban J connectivity index is 1.58. The predicted octanol–water partition coefficient (Wildman–Crippen LogP) is 2.35. The Labute approximate surface area is 167 Å². The molecule has 0 aromatic heterocycles. The first-order chi connectivity index (χ1) is 13.6. The average Bonchev–Trinajstić information content (AvgIpc) is 3.12. The first-order valence-electron chi connectivity index (χ1n) is 10.7. The summed E-state index contributed by atoms with van der Waals surface area (Å²) in [6, 6.07) is 8.80. The molecule has 4 rings (SSSR count). The Hall–Kier alpha value is -1.92. The summed E-state index contributed by atoms with van der Waals surface area (Å²) in [5.41, 5.74) is 0.0167. The molecule has 3 fully saturated rings. The third kappa shape index (κ3) is 3.55. The van der Waals surface area contributed by atoms with Gasteiger partial charge in [-0.2, -0.15) is 0 Å². The highest BCUT2D eigenvalue weighted by Gasteiger charge is 2.53. The van der Waals surface area contributed by atoms with Crippen molar-refractivity contribution in [2.45, 2.75) is 50.8 Å². The van der Waals surface area contributed by atoms with E-state index in [1.165, 1.54) is 0 Å². The Morgan fingerprint density at radius 2 is 1.71 bits per heavy atom. The zero-order chi connectivity index (χ0) is 19.6. The van der Waals surface area contributed by atoms with Gasteiger partial charge in [-0.1, -0.05) is 31.5 Å². The molecule has 1 spiro atoms. The molecule has 0 N–H and O–H groups in total. The normalized spacial score (nSPS) is 25.2. The molecule has 1 saturated carbocycles. The van der Waals surface area contributed by atoms with Gasteiger partial charge in [-0.3, -0.25) is 14.5 Å². The summed E-state index contributed by atoms with van der Waals surface area (Å²) >= 11 is 0. The number of benzene rings is 1. The van der Waals surface area contributed by atoms with Crippen molar-refractivity contribution in [1.82, 2.24) is 14.7 Å². The molecule has 0 unspecified atom stereocenters. The van der Waals surface area contributed by atoms with Crippen LogP contribution in [0.25, 0.3) is 0 Å². The molecule has 2 aliphatic heterocycles. The number of hydrogen-bond acceptors (Lipinski definition) is 4. The lowest BCUT2D eigenvalue weighted by Crippen LogP contribution is -2.59. The van der Waals surface area contributed by atoms with E-state index in [9.17, 15) is 9.59 Å². The summed E-state index contributed by atoms with van der Waals surface area (Å²) in [7, 11) is 0. The Morgan fingerprint density at radius 1 is 1.04 bits per heavy atom. The number of hydrogen-bond donors (Lipinski definition) is 0. The average molecular weight is 386 g/mol. The van der Waals surface area contributed by atoms with Gasteiger partial charge in [0.05, 0.1) is 6.61 Å². The molecule has 1 aliphatic carbocycles. The molecular weight excluding hydrogens is 354 g/mol. The quantitative estimate of drug-likeness (QED) is 0.802. The molecule has 28 heavy (non-hydrogen) atoms. The fourth-order valence-electron chi connectivity index (χ4n) is 4.87. The number of carbonyl (C=O) groups excluding carboxylic acids is 2. The number of likely N-dealkylation sites (N-methyl/N-ethyl adjacent to an activating group) is 1. The van der Waals surface area contributed by atoms with Gasteiger partial charge < -0.3 is 14.5 Å². The molecule has 0 radical (unpaired) electrons. The smallest absolute Gasteiger partial charge is 0.256 e. The van der Waals surface area contributed by atoms with Gasteiger partial charge in [-0.25, -0.2) is 0 Å². The van der Waals surface area contributed by atoms with Crippen molar-refractivity contribution in [3.8, 4) is 0 Å². The van der Waals surface area contributed by atoms with Crippen molar-refractivity contribution >= 4 is 11.8 Å². The summed E-state index contributed by atoms with van der Waals surface area (Å²) in [4.78, 5) is 33.0. The Kier molecular flexibility index (Phi) is 5.69. The topological polar surface area (TPSA) is 53.1 Å². The fraction of sp³-hybridized carbons (Fsp3) is 0.636. The van der Waals surface area contributed by atoms with E-state index in [0.717, 1.165) is 64.8 Å². The van der Waals surface area contributed by atoms with E-state index in [-0.39, 0.29) is 11.8 Å². The number of carbonyl (C=O) groups is 2. The zero-order valence-electron chi connectivity index (χ0n) is 16.8. The van der Waals surface area contributed by atoms with Gasteiger partial charge in [0.15, 0.2) is 0 Å². The van der Waals surface area contributed by atoms with Crippen LogP contribution in [0.3, 0.4) is 0 Å². The SMILES string of the molecule is CCN1CCN(C(=O)[C@H]2COC3(CCCCC3)N2C(=O)c2ccccc2)CC1. The van der Waals surface area contributed by atoms with Gasteiger partial charge in [0.2, 0.25) is 5.91 Å². The van der Waals surface area contributed by atoms with Gasteiger partial charge in [0.1, 0.15) is 11.8 Å². The van der Waals surface area contributed by atoms with E-state index in [1.807, 2.05) is 35.2 Å². The van der Waals surface area contributed by atoms with Crippen LogP contribution >= 0.6 is 0 Å². The van der Waals surface area contributed by atoms with Gasteiger partial charge in [-0.15, -0.1) is 0 Å². The van der Waals surface area contributed by atoms with E-state index >= 15 is 0 Å². The van der Waals surface area contributed by atoms with Crippen LogP contribution in [0.5, 0.6) is 0 Å². The molecule has 3 aliphatic rings. The number of amides is 2. The fourth-order valence-corrected chi connectivity index (χ4v) is 4.87. The summed E-state index contributed by atoms with van der Waals surface area (Å²) in [5, 5.41) is 0. The van der Waals surface area contributed by atoms with Crippen LogP contribution in [-0.4, -0.2) is 77.6 Å². The van der Waals surface area contributed by atoms with Crippen molar-refractivity contribution in [1.29, 1.82) is 0 Å². The molecule has 6 nitrogen and oxygen atoms in total. The maximum absolute atomic E-state index is 13.5. The monoisotopic (exact) mass is 385 g/mol. The zero-order valence-corrected chi connectivity index (χ0v) is 16.8. The van der Waals surface area contributed by atoms with Crippen molar-refractivity contribution < 1.29 is 14.3 Å². The van der Waals surface area contributed by atoms with Gasteiger partial charge in [0, 0.05) is 31.7 Å². The van der Waals surface area contributed by atoms with Crippen LogP contribution in [0.4, 0.5) is 0 Å². The summed E-state index contributed by atoms with van der Waals surface area (Å²) in [5.74, 6) is -0.0342. The van der Waals surface area contributed by atoms with Crippen LogP contribution in [0.15, 0.2) is 30.3 Å². The van der Waals surface area contributed by atoms with E-state index in [2.05, 4.69) is 11.8 Å². The minimum atomic E-state index is -0.614. The lowest BCUT2D eigenvalue weighted by atomic mass is 9.89. The van der Waals surface area contributed by atoms with E-state index in [1.54, 1.807) is 4.90 Å². The van der Waals surface area contributed by atoms with Crippen LogP contribution in [0, 0.1) is 0 Å². The minimum Gasteiger partial charge on any atom is -0.353 e. The van der Waals surface area contributed by atoms with Crippen LogP contribution in [-0.2, 0) is 9.53 Å². The third-order valence-electron chi connectivity index (χ3n) is 6.55. The summed E-state index contributed by atoms with van der Waals surface area (Å²) in [6.45, 7) is 6.71. The second-order valence-electron chi connectivity index (χ2n) is 8.13. The van der Waals surface area contributed by atoms with Gasteiger partial charge in [0.25, 0.3) is 5.91 Å². The standard InChI is InChI=1S/C22H31N3O3/c1-2-23-13-15-24(16-14-23)21(27)19-17-28-22(11-7-4-8-12-22)25(19)20(26)18-9-5-3-6-10-18/h3,5-6,9-10,19H,2,4,7-8,11-17H2,1H3/t19-/m1/s1. The maximum Gasteiger partial charge on any atom is 0.256 e. The van der Waals surface area contributed by atoms with E-state index in [4.69, 9.17) is 4.74 Å². The van der Waals surface area contributed by atoms with E-state index < -0.39 is 11.8 Å². The number of piperazine rings is 1. The van der Waals surface area contributed by atoms with Crippen LogP contribution in [0.1, 0.15) is 49.4 Å². The van der Waals surface area contributed by atoms with Crippen molar-refractivity contribution in [2.24, 2.45) is 0 Å². The lowest BCUT2D eigenvalue weighted by Gasteiger charge is -2.43. The lowest BCUT2D eigenvalue weighted by molar-refractivity contribution is -0.139. The number of ether oxygens (including phenoxy) is 1. The molecule has 152 valence electrons. The number of rotatable bonds is 3. The van der Waals surface area contributed by atoms with Crippen molar-refractivity contribution in [3.05, 3.63) is 35.9 Å². The highest BCUT2D eigenvalue weighted by molar-refractivity contribution is 5.98. The van der Waals surface area contributed by atoms with Crippen LogP contribution in [0.2, 0.25) is 0 Å². The Bertz CT molecular complexity index is 694. The molecule has 2 amide bonds. The molecule has 2 saturated heterocycles. The second kappa shape index (κ2) is 8.21. The van der Waals surface area contributed by atoms with Crippen molar-refractivity contribution in [2.75, 3.05) is 39.3 Å². The molecular formula is C22H31N3O3. The molecule has 2 heterocycles. The maximum atomic E-state index is 13.5.